The Morgan fingerprint density at radius 3 is 2.92 bits per heavy atom. The minimum atomic E-state index is -0.161. The second-order valence-corrected chi connectivity index (χ2v) is 3.40. The molecule has 66 valence electrons. The number of aromatic nitrogens is 3. The van der Waals surface area contributed by atoms with E-state index in [0.717, 1.165) is 5.56 Å². The standard InChI is InChI=1S/C7H6N4OS/c8-7-11-10-6(13-7)4-1-2-9-5(12)3-4/h1-3H,(H2,8,11)(H,9,12). The van der Waals surface area contributed by atoms with Crippen LogP contribution in [-0.2, 0) is 0 Å². The van der Waals surface area contributed by atoms with Gasteiger partial charge in [0.25, 0.3) is 0 Å². The van der Waals surface area contributed by atoms with Crippen molar-refractivity contribution in [2.75, 3.05) is 5.73 Å². The monoisotopic (exact) mass is 194 g/mol. The highest BCUT2D eigenvalue weighted by Gasteiger charge is 2.03. The number of nitrogens with two attached hydrogens (primary N) is 1. The molecule has 0 spiro atoms. The molecule has 0 aliphatic heterocycles. The summed E-state index contributed by atoms with van der Waals surface area (Å²) in [5.74, 6) is 0. The first-order chi connectivity index (χ1) is 6.25. The van der Waals surface area contributed by atoms with Crippen LogP contribution in [0.2, 0.25) is 0 Å². The minimum absolute atomic E-state index is 0.161. The Hall–Kier alpha value is -1.69. The van der Waals surface area contributed by atoms with E-state index in [1.807, 2.05) is 0 Å². The average molecular weight is 194 g/mol. The summed E-state index contributed by atoms with van der Waals surface area (Å²) in [5.41, 5.74) is 5.99. The van der Waals surface area contributed by atoms with Gasteiger partial charge < -0.3 is 10.7 Å². The summed E-state index contributed by atoms with van der Waals surface area (Å²) in [7, 11) is 0. The zero-order valence-corrected chi connectivity index (χ0v) is 7.34. The molecule has 0 saturated heterocycles. The predicted molar refractivity (Wildman–Crippen MR) is 50.4 cm³/mol. The van der Waals surface area contributed by atoms with E-state index in [-0.39, 0.29) is 5.56 Å². The van der Waals surface area contributed by atoms with Gasteiger partial charge in [-0.2, -0.15) is 0 Å². The van der Waals surface area contributed by atoms with Crippen LogP contribution < -0.4 is 11.3 Å². The number of nitrogen functional groups attached to an aromatic ring is 1. The van der Waals surface area contributed by atoms with Crippen LogP contribution in [0, 0.1) is 0 Å². The SMILES string of the molecule is Nc1nnc(-c2cc[nH]c(=O)c2)s1. The van der Waals surface area contributed by atoms with Gasteiger partial charge in [-0.25, -0.2) is 0 Å². The number of rotatable bonds is 1. The second kappa shape index (κ2) is 2.98. The molecule has 2 aromatic rings. The lowest BCUT2D eigenvalue weighted by Gasteiger charge is -1.90. The van der Waals surface area contributed by atoms with Crippen molar-refractivity contribution in [2.24, 2.45) is 0 Å². The zero-order valence-electron chi connectivity index (χ0n) is 6.52. The largest absolute Gasteiger partial charge is 0.374 e. The third kappa shape index (κ3) is 1.57. The molecule has 0 radical (unpaired) electrons. The van der Waals surface area contributed by atoms with Crippen LogP contribution >= 0.6 is 11.3 Å². The summed E-state index contributed by atoms with van der Waals surface area (Å²) in [4.78, 5) is 13.5. The molecule has 6 heteroatoms. The maximum absolute atomic E-state index is 10.9. The van der Waals surface area contributed by atoms with Gasteiger partial charge in [-0.3, -0.25) is 4.79 Å². The van der Waals surface area contributed by atoms with Gasteiger partial charge in [-0.1, -0.05) is 11.3 Å². The number of hydrogen-bond donors (Lipinski definition) is 2. The summed E-state index contributed by atoms with van der Waals surface area (Å²) in [6.45, 7) is 0. The quantitative estimate of drug-likeness (QED) is 0.691. The number of anilines is 1. The Balaban J connectivity index is 2.52. The predicted octanol–water partition coefficient (Wildman–Crippen LogP) is 0.476. The normalized spacial score (nSPS) is 10.2. The van der Waals surface area contributed by atoms with Gasteiger partial charge in [-0.05, 0) is 6.07 Å². The molecule has 0 aliphatic carbocycles. The number of nitrogens with zero attached hydrogens (tertiary/aromatic N) is 2. The van der Waals surface area contributed by atoms with E-state index in [4.69, 9.17) is 5.73 Å². The molecule has 0 saturated carbocycles. The minimum Gasteiger partial charge on any atom is -0.374 e. The number of nitrogens with one attached hydrogen (secondary N) is 1. The average Bonchev–Trinajstić information content (AvgIpc) is 2.52. The van der Waals surface area contributed by atoms with Crippen molar-refractivity contribution in [2.45, 2.75) is 0 Å². The summed E-state index contributed by atoms with van der Waals surface area (Å²) in [6, 6.07) is 3.21. The molecule has 0 bridgehead atoms. The van der Waals surface area contributed by atoms with Crippen molar-refractivity contribution < 1.29 is 0 Å². The highest BCUT2D eigenvalue weighted by Crippen LogP contribution is 2.22. The van der Waals surface area contributed by atoms with E-state index in [0.29, 0.717) is 10.1 Å². The number of H-pyrrole nitrogens is 1. The molecule has 0 aromatic carbocycles. The first kappa shape index (κ1) is 7.93. The van der Waals surface area contributed by atoms with Gasteiger partial charge in [0.2, 0.25) is 10.7 Å². The fourth-order valence-electron chi connectivity index (χ4n) is 0.929. The molecule has 2 rings (SSSR count). The Kier molecular flexibility index (Phi) is 1.82. The molecule has 3 N–H and O–H groups in total. The van der Waals surface area contributed by atoms with Crippen molar-refractivity contribution in [1.82, 2.24) is 15.2 Å². The lowest BCUT2D eigenvalue weighted by molar-refractivity contribution is 1.10. The Morgan fingerprint density at radius 1 is 1.46 bits per heavy atom. The van der Waals surface area contributed by atoms with Crippen LogP contribution in [0.25, 0.3) is 10.6 Å². The van der Waals surface area contributed by atoms with Crippen LogP contribution in [0.5, 0.6) is 0 Å². The fraction of sp³-hybridized carbons (Fsp3) is 0. The van der Waals surface area contributed by atoms with Gasteiger partial charge in [0.15, 0.2) is 0 Å². The molecular weight excluding hydrogens is 188 g/mol. The van der Waals surface area contributed by atoms with Crippen molar-refractivity contribution in [3.8, 4) is 10.6 Å². The molecular formula is C7H6N4OS. The summed E-state index contributed by atoms with van der Waals surface area (Å²) >= 11 is 1.25. The summed E-state index contributed by atoms with van der Waals surface area (Å²) in [6.07, 6.45) is 1.56. The first-order valence-corrected chi connectivity index (χ1v) is 4.35. The summed E-state index contributed by atoms with van der Waals surface area (Å²) in [5, 5.41) is 8.53. The van der Waals surface area contributed by atoms with Crippen LogP contribution in [-0.4, -0.2) is 15.2 Å². The van der Waals surface area contributed by atoms with Crippen molar-refractivity contribution in [3.63, 3.8) is 0 Å². The number of pyridine rings is 1. The Labute approximate surface area is 77.3 Å². The number of aromatic amines is 1. The van der Waals surface area contributed by atoms with Crippen molar-refractivity contribution >= 4 is 16.5 Å². The Morgan fingerprint density at radius 2 is 2.31 bits per heavy atom. The fourth-order valence-corrected chi connectivity index (χ4v) is 1.54. The van der Waals surface area contributed by atoms with E-state index in [1.54, 1.807) is 12.3 Å². The van der Waals surface area contributed by atoms with Gasteiger partial charge in [0.1, 0.15) is 5.01 Å². The molecule has 0 aliphatic rings. The maximum atomic E-state index is 10.9. The molecule has 0 unspecified atom stereocenters. The Bertz CT molecular complexity index is 475. The van der Waals surface area contributed by atoms with Crippen LogP contribution in [0.1, 0.15) is 0 Å². The third-order valence-electron chi connectivity index (χ3n) is 1.46. The van der Waals surface area contributed by atoms with E-state index >= 15 is 0 Å². The second-order valence-electron chi connectivity index (χ2n) is 2.39. The lowest BCUT2D eigenvalue weighted by atomic mass is 10.3. The van der Waals surface area contributed by atoms with Gasteiger partial charge in [0.05, 0.1) is 0 Å². The maximum Gasteiger partial charge on any atom is 0.248 e. The van der Waals surface area contributed by atoms with Crippen LogP contribution in [0.15, 0.2) is 23.1 Å². The van der Waals surface area contributed by atoms with Crippen LogP contribution in [0.4, 0.5) is 5.13 Å². The van der Waals surface area contributed by atoms with Gasteiger partial charge >= 0.3 is 0 Å². The topological polar surface area (TPSA) is 84.7 Å². The van der Waals surface area contributed by atoms with E-state index < -0.39 is 0 Å². The number of hydrogen-bond acceptors (Lipinski definition) is 5. The molecule has 0 atom stereocenters. The molecule has 0 fully saturated rings. The highest BCUT2D eigenvalue weighted by molar-refractivity contribution is 7.18. The molecule has 5 nitrogen and oxygen atoms in total. The van der Waals surface area contributed by atoms with Crippen LogP contribution in [0.3, 0.4) is 0 Å². The van der Waals surface area contributed by atoms with Crippen molar-refractivity contribution in [1.29, 1.82) is 0 Å². The molecule has 0 amide bonds. The lowest BCUT2D eigenvalue weighted by Crippen LogP contribution is -2.01. The highest BCUT2D eigenvalue weighted by atomic mass is 32.1. The third-order valence-corrected chi connectivity index (χ3v) is 2.26. The van der Waals surface area contributed by atoms with E-state index in [1.165, 1.54) is 17.4 Å². The van der Waals surface area contributed by atoms with E-state index in [2.05, 4.69) is 15.2 Å². The zero-order chi connectivity index (χ0) is 9.26. The summed E-state index contributed by atoms with van der Waals surface area (Å²) < 4.78 is 0. The molecule has 13 heavy (non-hydrogen) atoms. The molecule has 2 aromatic heterocycles. The van der Waals surface area contributed by atoms with Gasteiger partial charge in [0, 0.05) is 17.8 Å². The first-order valence-electron chi connectivity index (χ1n) is 3.54. The van der Waals surface area contributed by atoms with Gasteiger partial charge in [-0.15, -0.1) is 10.2 Å². The molecule has 2 heterocycles. The smallest absolute Gasteiger partial charge is 0.248 e. The van der Waals surface area contributed by atoms with Crippen molar-refractivity contribution in [3.05, 3.63) is 28.7 Å². The van der Waals surface area contributed by atoms with E-state index in [9.17, 15) is 4.79 Å².